The monoisotopic (exact) mass is 366 g/mol. The van der Waals surface area contributed by atoms with E-state index in [1.165, 1.54) is 11.1 Å². The Kier molecular flexibility index (Phi) is 4.87. The van der Waals surface area contributed by atoms with Gasteiger partial charge in [-0.15, -0.1) is 0 Å². The topological polar surface area (TPSA) is 60.3 Å². The molecule has 1 fully saturated rings. The molecular weight excluding hydrogens is 340 g/mol. The summed E-state index contributed by atoms with van der Waals surface area (Å²) in [6, 6.07) is 6.32. The first-order valence-electron chi connectivity index (χ1n) is 9.72. The SMILES string of the molecule is Cc1cc(-c2cc3c(c(CC4CCOCC4)c2)NC(=O)CC3)cn(C)c1=O. The van der Waals surface area contributed by atoms with E-state index in [0.717, 1.165) is 61.3 Å². The zero-order chi connectivity index (χ0) is 19.0. The minimum Gasteiger partial charge on any atom is -0.381 e. The van der Waals surface area contributed by atoms with Crippen molar-refractivity contribution in [3.8, 4) is 11.1 Å². The molecule has 0 saturated carbocycles. The summed E-state index contributed by atoms with van der Waals surface area (Å²) < 4.78 is 7.14. The number of hydrogen-bond acceptors (Lipinski definition) is 3. The van der Waals surface area contributed by atoms with E-state index in [4.69, 9.17) is 4.74 Å². The lowest BCUT2D eigenvalue weighted by Gasteiger charge is -2.26. The van der Waals surface area contributed by atoms with E-state index in [0.29, 0.717) is 12.3 Å². The second kappa shape index (κ2) is 7.31. The zero-order valence-electron chi connectivity index (χ0n) is 16.0. The summed E-state index contributed by atoms with van der Waals surface area (Å²) >= 11 is 0. The van der Waals surface area contributed by atoms with Gasteiger partial charge in [-0.25, -0.2) is 0 Å². The Labute approximate surface area is 159 Å². The number of anilines is 1. The Hall–Kier alpha value is -2.40. The number of benzene rings is 1. The number of carbonyl (C=O) groups excluding carboxylic acids is 1. The number of ether oxygens (including phenoxy) is 1. The van der Waals surface area contributed by atoms with Gasteiger partial charge in [-0.2, -0.15) is 0 Å². The largest absolute Gasteiger partial charge is 0.381 e. The van der Waals surface area contributed by atoms with E-state index in [1.807, 2.05) is 19.2 Å². The van der Waals surface area contributed by atoms with Crippen LogP contribution in [0.1, 0.15) is 36.0 Å². The molecule has 0 spiro atoms. The minimum absolute atomic E-state index is 0.0337. The highest BCUT2D eigenvalue weighted by Gasteiger charge is 2.23. The van der Waals surface area contributed by atoms with Crippen LogP contribution >= 0.6 is 0 Å². The molecule has 5 heteroatoms. The zero-order valence-corrected chi connectivity index (χ0v) is 16.0. The molecule has 4 rings (SSSR count). The maximum Gasteiger partial charge on any atom is 0.253 e. The molecule has 1 amide bonds. The molecular formula is C22H26N2O3. The maximum absolute atomic E-state index is 12.1. The maximum atomic E-state index is 12.1. The van der Waals surface area contributed by atoms with Crippen molar-refractivity contribution >= 4 is 11.6 Å². The van der Waals surface area contributed by atoms with Crippen LogP contribution in [0.4, 0.5) is 5.69 Å². The lowest BCUT2D eigenvalue weighted by molar-refractivity contribution is -0.116. The van der Waals surface area contributed by atoms with E-state index < -0.39 is 0 Å². The third kappa shape index (κ3) is 3.69. The molecule has 0 unspecified atom stereocenters. The van der Waals surface area contributed by atoms with Crippen LogP contribution in [-0.2, 0) is 29.4 Å². The first-order valence-corrected chi connectivity index (χ1v) is 9.72. The Morgan fingerprint density at radius 1 is 1.11 bits per heavy atom. The van der Waals surface area contributed by atoms with Gasteiger partial charge in [0, 0.05) is 44.1 Å². The van der Waals surface area contributed by atoms with Crippen molar-refractivity contribution in [1.82, 2.24) is 4.57 Å². The lowest BCUT2D eigenvalue weighted by Crippen LogP contribution is -2.23. The summed E-state index contributed by atoms with van der Waals surface area (Å²) in [6.45, 7) is 3.49. The summed E-state index contributed by atoms with van der Waals surface area (Å²) in [5.74, 6) is 0.681. The number of amides is 1. The van der Waals surface area contributed by atoms with Gasteiger partial charge in [0.05, 0.1) is 0 Å². The van der Waals surface area contributed by atoms with Crippen LogP contribution in [0, 0.1) is 12.8 Å². The molecule has 1 saturated heterocycles. The van der Waals surface area contributed by atoms with Crippen molar-refractivity contribution in [2.75, 3.05) is 18.5 Å². The van der Waals surface area contributed by atoms with Crippen molar-refractivity contribution in [2.24, 2.45) is 13.0 Å². The first kappa shape index (κ1) is 18.0. The normalized spacial score (nSPS) is 17.5. The fourth-order valence-corrected chi connectivity index (χ4v) is 4.20. The van der Waals surface area contributed by atoms with Crippen LogP contribution in [0.15, 0.2) is 29.2 Å². The van der Waals surface area contributed by atoms with Gasteiger partial charge >= 0.3 is 0 Å². The predicted molar refractivity (Wildman–Crippen MR) is 106 cm³/mol. The molecule has 1 aromatic carbocycles. The quantitative estimate of drug-likeness (QED) is 0.907. The van der Waals surface area contributed by atoms with Crippen LogP contribution < -0.4 is 10.9 Å². The Bertz CT molecular complexity index is 913. The second-order valence-corrected chi connectivity index (χ2v) is 7.81. The third-order valence-electron chi connectivity index (χ3n) is 5.73. The van der Waals surface area contributed by atoms with Gasteiger partial charge in [-0.05, 0) is 79.0 Å². The highest BCUT2D eigenvalue weighted by atomic mass is 16.5. The number of aryl methyl sites for hydroxylation is 3. The standard InChI is InChI=1S/C22H26N2O3/c1-14-9-19(13-24(2)22(14)26)17-11-16-3-4-20(25)23-21(16)18(12-17)10-15-5-7-27-8-6-15/h9,11-13,15H,3-8,10H2,1-2H3,(H,23,25). The Morgan fingerprint density at radius 2 is 1.89 bits per heavy atom. The number of hydrogen-bond donors (Lipinski definition) is 1. The molecule has 2 aliphatic rings. The van der Waals surface area contributed by atoms with Crippen molar-refractivity contribution in [1.29, 1.82) is 0 Å². The van der Waals surface area contributed by atoms with Gasteiger partial charge in [0.1, 0.15) is 0 Å². The van der Waals surface area contributed by atoms with E-state index in [9.17, 15) is 9.59 Å². The lowest BCUT2D eigenvalue weighted by atomic mass is 9.87. The molecule has 0 atom stereocenters. The molecule has 3 heterocycles. The van der Waals surface area contributed by atoms with E-state index in [1.54, 1.807) is 11.6 Å². The van der Waals surface area contributed by atoms with Crippen molar-refractivity contribution in [3.05, 3.63) is 51.4 Å². The molecule has 5 nitrogen and oxygen atoms in total. The molecule has 2 aliphatic heterocycles. The molecule has 27 heavy (non-hydrogen) atoms. The van der Waals surface area contributed by atoms with Crippen molar-refractivity contribution < 1.29 is 9.53 Å². The average Bonchev–Trinajstić information content (AvgIpc) is 2.66. The number of carbonyl (C=O) groups is 1. The third-order valence-corrected chi connectivity index (χ3v) is 5.73. The molecule has 1 N–H and O–H groups in total. The smallest absolute Gasteiger partial charge is 0.253 e. The Morgan fingerprint density at radius 3 is 2.63 bits per heavy atom. The van der Waals surface area contributed by atoms with E-state index >= 15 is 0 Å². The van der Waals surface area contributed by atoms with Crippen LogP contribution in [0.2, 0.25) is 0 Å². The fourth-order valence-electron chi connectivity index (χ4n) is 4.20. The number of rotatable bonds is 3. The van der Waals surface area contributed by atoms with Gasteiger partial charge in [-0.3, -0.25) is 9.59 Å². The highest BCUT2D eigenvalue weighted by molar-refractivity contribution is 5.95. The van der Waals surface area contributed by atoms with E-state index in [2.05, 4.69) is 17.4 Å². The summed E-state index contributed by atoms with van der Waals surface area (Å²) in [5.41, 5.74) is 6.34. The number of pyridine rings is 1. The Balaban J connectivity index is 1.78. The summed E-state index contributed by atoms with van der Waals surface area (Å²) in [4.78, 5) is 24.0. The molecule has 0 aliphatic carbocycles. The molecule has 0 bridgehead atoms. The van der Waals surface area contributed by atoms with Gasteiger partial charge < -0.3 is 14.6 Å². The minimum atomic E-state index is 0.0337. The number of aromatic nitrogens is 1. The van der Waals surface area contributed by atoms with Gasteiger partial charge in [-0.1, -0.05) is 0 Å². The molecule has 0 radical (unpaired) electrons. The molecule has 142 valence electrons. The van der Waals surface area contributed by atoms with Crippen LogP contribution in [0.5, 0.6) is 0 Å². The number of nitrogens with zero attached hydrogens (tertiary/aromatic N) is 1. The van der Waals surface area contributed by atoms with E-state index in [-0.39, 0.29) is 11.5 Å². The highest BCUT2D eigenvalue weighted by Crippen LogP contribution is 2.35. The van der Waals surface area contributed by atoms with Crippen molar-refractivity contribution in [2.45, 2.75) is 39.0 Å². The predicted octanol–water partition coefficient (Wildman–Crippen LogP) is 3.21. The molecule has 2 aromatic rings. The van der Waals surface area contributed by atoms with Gasteiger partial charge in [0.15, 0.2) is 0 Å². The number of nitrogens with one attached hydrogen (secondary N) is 1. The number of fused-ring (bicyclic) bond motifs is 1. The van der Waals surface area contributed by atoms with Crippen LogP contribution in [0.3, 0.4) is 0 Å². The van der Waals surface area contributed by atoms with Crippen LogP contribution in [-0.4, -0.2) is 23.7 Å². The van der Waals surface area contributed by atoms with Crippen molar-refractivity contribution in [3.63, 3.8) is 0 Å². The average molecular weight is 366 g/mol. The van der Waals surface area contributed by atoms with Gasteiger partial charge in [0.2, 0.25) is 5.91 Å². The summed E-state index contributed by atoms with van der Waals surface area (Å²) in [5, 5.41) is 3.10. The molecule has 1 aromatic heterocycles. The second-order valence-electron chi connectivity index (χ2n) is 7.81. The summed E-state index contributed by atoms with van der Waals surface area (Å²) in [6.07, 6.45) is 6.26. The fraction of sp³-hybridized carbons (Fsp3) is 0.455. The summed E-state index contributed by atoms with van der Waals surface area (Å²) in [7, 11) is 1.79. The van der Waals surface area contributed by atoms with Gasteiger partial charge in [0.25, 0.3) is 5.56 Å². The first-order chi connectivity index (χ1) is 13.0. The van der Waals surface area contributed by atoms with Crippen LogP contribution in [0.25, 0.3) is 11.1 Å².